The van der Waals surface area contributed by atoms with E-state index in [4.69, 9.17) is 0 Å². The number of rotatable bonds is 6. The van der Waals surface area contributed by atoms with Gasteiger partial charge in [-0.3, -0.25) is 0 Å². The van der Waals surface area contributed by atoms with Gasteiger partial charge in [0.1, 0.15) is 5.82 Å². The molecule has 0 bridgehead atoms. The maximum Gasteiger partial charge on any atom is 0.124 e. The molecule has 21 heavy (non-hydrogen) atoms. The summed E-state index contributed by atoms with van der Waals surface area (Å²) in [4.78, 5) is 4.91. The van der Waals surface area contributed by atoms with Gasteiger partial charge >= 0.3 is 0 Å². The molecule has 118 valence electrons. The molecule has 1 aliphatic heterocycles. The summed E-state index contributed by atoms with van der Waals surface area (Å²) in [6, 6.07) is 5.12. The van der Waals surface area contributed by atoms with E-state index in [1.165, 1.54) is 38.3 Å². The molecule has 1 aromatic carbocycles. The smallest absolute Gasteiger partial charge is 0.124 e. The molecule has 1 saturated heterocycles. The second-order valence-electron chi connectivity index (χ2n) is 5.84. The topological polar surface area (TPSA) is 18.5 Å². The van der Waals surface area contributed by atoms with E-state index in [-0.39, 0.29) is 11.9 Å². The first-order chi connectivity index (χ1) is 10.1. The van der Waals surface area contributed by atoms with Crippen LogP contribution in [0.4, 0.5) is 4.39 Å². The van der Waals surface area contributed by atoms with E-state index >= 15 is 0 Å². The number of hydrogen-bond donors (Lipinski definition) is 1. The van der Waals surface area contributed by atoms with Crippen molar-refractivity contribution in [3.8, 4) is 0 Å². The Bertz CT molecular complexity index is 447. The Morgan fingerprint density at radius 3 is 2.67 bits per heavy atom. The average molecular weight is 358 g/mol. The molecule has 0 amide bonds. The summed E-state index contributed by atoms with van der Waals surface area (Å²) in [6.07, 6.45) is 1.15. The molecule has 1 fully saturated rings. The standard InChI is InChI=1S/C16H25BrFN3/c1-13(15-5-4-14(18)12-16(15)17)19-6-3-7-21-10-8-20(2)9-11-21/h4-5,12-13,19H,3,6-11H2,1-2H3. The number of halogens is 2. The monoisotopic (exact) mass is 357 g/mol. The van der Waals surface area contributed by atoms with Crippen LogP contribution in [0.5, 0.6) is 0 Å². The predicted octanol–water partition coefficient (Wildman–Crippen LogP) is 2.88. The average Bonchev–Trinajstić information content (AvgIpc) is 2.45. The molecule has 1 aromatic rings. The highest BCUT2D eigenvalue weighted by Gasteiger charge is 2.13. The lowest BCUT2D eigenvalue weighted by atomic mass is 10.1. The van der Waals surface area contributed by atoms with Crippen molar-refractivity contribution in [3.05, 3.63) is 34.1 Å². The Labute approximate surface area is 135 Å². The summed E-state index contributed by atoms with van der Waals surface area (Å²) in [5.41, 5.74) is 1.11. The van der Waals surface area contributed by atoms with Crippen LogP contribution in [0.3, 0.4) is 0 Å². The zero-order chi connectivity index (χ0) is 15.2. The molecule has 0 spiro atoms. The van der Waals surface area contributed by atoms with Gasteiger partial charge in [-0.2, -0.15) is 0 Å². The number of piperazine rings is 1. The van der Waals surface area contributed by atoms with Crippen LogP contribution in [0.2, 0.25) is 0 Å². The fourth-order valence-electron chi connectivity index (χ4n) is 2.66. The lowest BCUT2D eigenvalue weighted by Gasteiger charge is -2.32. The summed E-state index contributed by atoms with van der Waals surface area (Å²) >= 11 is 3.43. The van der Waals surface area contributed by atoms with Gasteiger partial charge < -0.3 is 15.1 Å². The maximum absolute atomic E-state index is 13.1. The molecule has 1 heterocycles. The van der Waals surface area contributed by atoms with Crippen LogP contribution in [-0.4, -0.2) is 56.1 Å². The SMILES string of the molecule is CC(NCCCN1CCN(C)CC1)c1ccc(F)cc1Br. The van der Waals surface area contributed by atoms with Crippen LogP contribution < -0.4 is 5.32 Å². The summed E-state index contributed by atoms with van der Waals surface area (Å²) < 4.78 is 13.9. The number of likely N-dealkylation sites (N-methyl/N-ethyl adjacent to an activating group) is 1. The summed E-state index contributed by atoms with van der Waals surface area (Å²) in [5.74, 6) is -0.201. The van der Waals surface area contributed by atoms with Crippen molar-refractivity contribution in [1.82, 2.24) is 15.1 Å². The van der Waals surface area contributed by atoms with Gasteiger partial charge in [0.2, 0.25) is 0 Å². The number of hydrogen-bond acceptors (Lipinski definition) is 3. The molecule has 1 aliphatic rings. The lowest BCUT2D eigenvalue weighted by Crippen LogP contribution is -2.45. The summed E-state index contributed by atoms with van der Waals surface area (Å²) in [6.45, 7) is 8.95. The van der Waals surface area contributed by atoms with Crippen molar-refractivity contribution in [2.75, 3.05) is 46.3 Å². The Morgan fingerprint density at radius 2 is 2.00 bits per heavy atom. The van der Waals surface area contributed by atoms with Gasteiger partial charge in [-0.15, -0.1) is 0 Å². The zero-order valence-electron chi connectivity index (χ0n) is 12.9. The Balaban J connectivity index is 1.68. The highest BCUT2D eigenvalue weighted by molar-refractivity contribution is 9.10. The van der Waals surface area contributed by atoms with Crippen molar-refractivity contribution in [2.45, 2.75) is 19.4 Å². The van der Waals surface area contributed by atoms with Gasteiger partial charge in [-0.1, -0.05) is 22.0 Å². The van der Waals surface area contributed by atoms with Crippen molar-refractivity contribution in [2.24, 2.45) is 0 Å². The third-order valence-corrected chi connectivity index (χ3v) is 4.81. The van der Waals surface area contributed by atoms with E-state index < -0.39 is 0 Å². The second-order valence-corrected chi connectivity index (χ2v) is 6.69. The van der Waals surface area contributed by atoms with Gasteiger partial charge in [-0.25, -0.2) is 4.39 Å². The van der Waals surface area contributed by atoms with Crippen molar-refractivity contribution in [1.29, 1.82) is 0 Å². The third kappa shape index (κ3) is 5.33. The Kier molecular flexibility index (Phi) is 6.61. The van der Waals surface area contributed by atoms with Crippen LogP contribution in [0.25, 0.3) is 0 Å². The quantitative estimate of drug-likeness (QED) is 0.789. The van der Waals surface area contributed by atoms with E-state index in [0.717, 1.165) is 29.5 Å². The van der Waals surface area contributed by atoms with E-state index in [0.29, 0.717) is 0 Å². The molecule has 3 nitrogen and oxygen atoms in total. The van der Waals surface area contributed by atoms with Crippen LogP contribution in [0.1, 0.15) is 24.9 Å². The molecule has 0 aliphatic carbocycles. The first-order valence-corrected chi connectivity index (χ1v) is 8.45. The van der Waals surface area contributed by atoms with Crippen molar-refractivity contribution in [3.63, 3.8) is 0 Å². The first-order valence-electron chi connectivity index (χ1n) is 7.65. The van der Waals surface area contributed by atoms with E-state index in [1.54, 1.807) is 0 Å². The number of nitrogens with zero attached hydrogens (tertiary/aromatic N) is 2. The van der Waals surface area contributed by atoms with Crippen LogP contribution in [0, 0.1) is 5.82 Å². The van der Waals surface area contributed by atoms with Gasteiger partial charge in [0.15, 0.2) is 0 Å². The third-order valence-electron chi connectivity index (χ3n) is 4.13. The van der Waals surface area contributed by atoms with Gasteiger partial charge in [0, 0.05) is 36.7 Å². The molecule has 0 radical (unpaired) electrons. The van der Waals surface area contributed by atoms with Gasteiger partial charge in [0.05, 0.1) is 0 Å². The Hall–Kier alpha value is -0.490. The summed E-state index contributed by atoms with van der Waals surface area (Å²) in [5, 5.41) is 3.52. The molecule has 1 atom stereocenters. The van der Waals surface area contributed by atoms with Crippen LogP contribution in [0.15, 0.2) is 22.7 Å². The second kappa shape index (κ2) is 8.22. The molecule has 0 aromatic heterocycles. The largest absolute Gasteiger partial charge is 0.310 e. The van der Waals surface area contributed by atoms with Crippen LogP contribution in [-0.2, 0) is 0 Å². The molecule has 0 saturated carbocycles. The Morgan fingerprint density at radius 1 is 1.29 bits per heavy atom. The molecule has 1 unspecified atom stereocenters. The molecular weight excluding hydrogens is 333 g/mol. The molecule has 2 rings (SSSR count). The minimum atomic E-state index is -0.201. The van der Waals surface area contributed by atoms with Crippen molar-refractivity contribution < 1.29 is 4.39 Å². The predicted molar refractivity (Wildman–Crippen MR) is 89.1 cm³/mol. The zero-order valence-corrected chi connectivity index (χ0v) is 14.5. The maximum atomic E-state index is 13.1. The first kappa shape index (κ1) is 16.9. The molecule has 5 heteroatoms. The number of benzene rings is 1. The minimum absolute atomic E-state index is 0.201. The summed E-state index contributed by atoms with van der Waals surface area (Å²) in [7, 11) is 2.18. The number of nitrogens with one attached hydrogen (secondary N) is 1. The van der Waals surface area contributed by atoms with Crippen molar-refractivity contribution >= 4 is 15.9 Å². The van der Waals surface area contributed by atoms with E-state index in [1.807, 2.05) is 6.07 Å². The highest BCUT2D eigenvalue weighted by Crippen LogP contribution is 2.24. The van der Waals surface area contributed by atoms with E-state index in [9.17, 15) is 4.39 Å². The molecular formula is C16H25BrFN3. The van der Waals surface area contributed by atoms with Crippen LogP contribution >= 0.6 is 15.9 Å². The fraction of sp³-hybridized carbons (Fsp3) is 0.625. The van der Waals surface area contributed by atoms with Gasteiger partial charge in [0.25, 0.3) is 0 Å². The molecule has 1 N–H and O–H groups in total. The van der Waals surface area contributed by atoms with Gasteiger partial charge in [-0.05, 0) is 51.2 Å². The lowest BCUT2D eigenvalue weighted by molar-refractivity contribution is 0.152. The van der Waals surface area contributed by atoms with E-state index in [2.05, 4.69) is 45.0 Å². The normalized spacial score (nSPS) is 18.9. The highest BCUT2D eigenvalue weighted by atomic mass is 79.9. The minimum Gasteiger partial charge on any atom is -0.310 e. The fourth-order valence-corrected chi connectivity index (χ4v) is 3.35.